The van der Waals surface area contributed by atoms with Crippen molar-refractivity contribution in [3.63, 3.8) is 0 Å². The van der Waals surface area contributed by atoms with Crippen LogP contribution in [0.3, 0.4) is 0 Å². The Bertz CT molecular complexity index is 584. The first kappa shape index (κ1) is 21.0. The van der Waals surface area contributed by atoms with Crippen molar-refractivity contribution < 1.29 is 9.59 Å². The molecule has 4 nitrogen and oxygen atoms in total. The van der Waals surface area contributed by atoms with Crippen LogP contribution in [0.25, 0.3) is 0 Å². The molecule has 0 spiro atoms. The third-order valence-electron chi connectivity index (χ3n) is 4.85. The van der Waals surface area contributed by atoms with Gasteiger partial charge >= 0.3 is 0 Å². The van der Waals surface area contributed by atoms with Gasteiger partial charge in [0, 0.05) is 17.6 Å². The van der Waals surface area contributed by atoms with Gasteiger partial charge in [-0.15, -0.1) is 11.6 Å². The van der Waals surface area contributed by atoms with Gasteiger partial charge in [0.1, 0.15) is 11.9 Å². The smallest absolute Gasteiger partial charge is 0.247 e. The Hall–Kier alpha value is -1.26. The van der Waals surface area contributed by atoms with Gasteiger partial charge in [0.2, 0.25) is 11.8 Å². The molecule has 0 bridgehead atoms. The Balaban J connectivity index is 2.26. The van der Waals surface area contributed by atoms with Gasteiger partial charge in [0.05, 0.1) is 0 Å². The second-order valence-electron chi connectivity index (χ2n) is 6.87. The van der Waals surface area contributed by atoms with E-state index in [1.165, 1.54) is 12.8 Å². The minimum Gasteiger partial charge on any atom is -0.351 e. The predicted molar refractivity (Wildman–Crippen MR) is 107 cm³/mol. The molecule has 144 valence electrons. The Morgan fingerprint density at radius 1 is 1.15 bits per heavy atom. The fourth-order valence-electron chi connectivity index (χ4n) is 3.54. The number of nitrogens with one attached hydrogen (secondary N) is 1. The second kappa shape index (κ2) is 10.8. The maximum atomic E-state index is 13.2. The third-order valence-corrected chi connectivity index (χ3v) is 5.33. The van der Waals surface area contributed by atoms with E-state index in [1.54, 1.807) is 17.0 Å². The number of carbonyl (C=O) groups excluding carboxylic acids is 2. The summed E-state index contributed by atoms with van der Waals surface area (Å²) in [5.74, 6) is -0.503. The Kier molecular flexibility index (Phi) is 8.73. The summed E-state index contributed by atoms with van der Waals surface area (Å²) in [7, 11) is 0. The highest BCUT2D eigenvalue weighted by Crippen LogP contribution is 2.25. The zero-order chi connectivity index (χ0) is 18.9. The lowest BCUT2D eigenvalue weighted by Crippen LogP contribution is -2.47. The third kappa shape index (κ3) is 5.88. The summed E-state index contributed by atoms with van der Waals surface area (Å²) in [4.78, 5) is 27.2. The molecule has 0 heterocycles. The molecule has 0 aromatic heterocycles. The summed E-state index contributed by atoms with van der Waals surface area (Å²) in [6, 6.07) is 6.61. The minimum atomic E-state index is -0.679. The fraction of sp³-hybridized carbons (Fsp3) is 0.600. The highest BCUT2D eigenvalue weighted by Gasteiger charge is 2.31. The molecule has 0 unspecified atom stereocenters. The summed E-state index contributed by atoms with van der Waals surface area (Å²) in [6.07, 6.45) is 7.46. The first-order valence-electron chi connectivity index (χ1n) is 9.48. The fourth-order valence-corrected chi connectivity index (χ4v) is 3.82. The van der Waals surface area contributed by atoms with Crippen LogP contribution in [-0.2, 0) is 9.59 Å². The van der Waals surface area contributed by atoms with E-state index < -0.39 is 6.04 Å². The second-order valence-corrected chi connectivity index (χ2v) is 7.58. The zero-order valence-electron chi connectivity index (χ0n) is 15.3. The largest absolute Gasteiger partial charge is 0.351 e. The van der Waals surface area contributed by atoms with Crippen LogP contribution in [0.1, 0.15) is 63.5 Å². The molecule has 26 heavy (non-hydrogen) atoms. The van der Waals surface area contributed by atoms with Crippen molar-refractivity contribution in [2.45, 2.75) is 64.0 Å². The molecule has 1 aliphatic rings. The van der Waals surface area contributed by atoms with Gasteiger partial charge in [-0.25, -0.2) is 0 Å². The molecular formula is C20H28Cl2N2O2. The number of alkyl halides is 1. The van der Waals surface area contributed by atoms with Crippen LogP contribution in [0, 0.1) is 0 Å². The number of carbonyl (C=O) groups is 2. The number of rotatable bonds is 7. The van der Waals surface area contributed by atoms with Crippen LogP contribution < -0.4 is 5.32 Å². The summed E-state index contributed by atoms with van der Waals surface area (Å²) in [5, 5.41) is 3.78. The van der Waals surface area contributed by atoms with E-state index >= 15 is 0 Å². The van der Waals surface area contributed by atoms with Gasteiger partial charge in [-0.05, 0) is 37.0 Å². The van der Waals surface area contributed by atoms with Crippen LogP contribution in [0.4, 0.5) is 0 Å². The Morgan fingerprint density at radius 3 is 2.31 bits per heavy atom. The number of benzene rings is 1. The van der Waals surface area contributed by atoms with E-state index in [9.17, 15) is 9.59 Å². The molecular weight excluding hydrogens is 371 g/mol. The minimum absolute atomic E-state index is 0.133. The molecule has 1 aliphatic carbocycles. The van der Waals surface area contributed by atoms with E-state index in [-0.39, 0.29) is 23.7 Å². The molecule has 2 rings (SSSR count). The van der Waals surface area contributed by atoms with Crippen molar-refractivity contribution in [3.05, 3.63) is 34.9 Å². The molecule has 1 atom stereocenters. The highest BCUT2D eigenvalue weighted by molar-refractivity contribution is 6.30. The molecule has 0 radical (unpaired) electrons. The molecule has 2 amide bonds. The maximum absolute atomic E-state index is 13.2. The van der Waals surface area contributed by atoms with Crippen LogP contribution in [0.2, 0.25) is 5.02 Å². The normalized spacial score (nSPS) is 16.6. The van der Waals surface area contributed by atoms with E-state index in [1.807, 2.05) is 19.1 Å². The van der Waals surface area contributed by atoms with E-state index in [0.29, 0.717) is 11.6 Å². The standard InChI is InChI=1S/C20H28Cl2N2O2/c1-2-13-24(18(25)14-21)19(15-9-11-16(22)12-10-15)20(26)23-17-7-5-3-4-6-8-17/h9-12,17,19H,2-8,13-14H2,1H3,(H,23,26)/t19-/m1/s1. The molecule has 1 aromatic carbocycles. The number of hydrogen-bond donors (Lipinski definition) is 1. The Labute approximate surface area is 166 Å². The quantitative estimate of drug-likeness (QED) is 0.534. The monoisotopic (exact) mass is 398 g/mol. The van der Waals surface area contributed by atoms with Crippen LogP contribution in [0.15, 0.2) is 24.3 Å². The van der Waals surface area contributed by atoms with E-state index in [0.717, 1.165) is 37.7 Å². The molecule has 1 saturated carbocycles. The van der Waals surface area contributed by atoms with Crippen LogP contribution in [0.5, 0.6) is 0 Å². The predicted octanol–water partition coefficient (Wildman–Crippen LogP) is 4.70. The summed E-state index contributed by atoms with van der Waals surface area (Å²) in [5.41, 5.74) is 0.757. The first-order valence-corrected chi connectivity index (χ1v) is 10.4. The Morgan fingerprint density at radius 2 is 1.77 bits per heavy atom. The average Bonchev–Trinajstić information content (AvgIpc) is 2.90. The van der Waals surface area contributed by atoms with Crippen molar-refractivity contribution in [1.82, 2.24) is 10.2 Å². The van der Waals surface area contributed by atoms with Gasteiger partial charge in [-0.1, -0.05) is 56.3 Å². The summed E-state index contributed by atoms with van der Waals surface area (Å²) in [6.45, 7) is 2.47. The SMILES string of the molecule is CCCN(C(=O)CCl)[C@@H](C(=O)NC1CCCCCC1)c1ccc(Cl)cc1. The molecule has 0 saturated heterocycles. The molecule has 1 fully saturated rings. The van der Waals surface area contributed by atoms with Gasteiger partial charge in [-0.3, -0.25) is 9.59 Å². The topological polar surface area (TPSA) is 49.4 Å². The van der Waals surface area contributed by atoms with E-state index in [4.69, 9.17) is 23.2 Å². The van der Waals surface area contributed by atoms with Gasteiger partial charge in [-0.2, -0.15) is 0 Å². The highest BCUT2D eigenvalue weighted by atomic mass is 35.5. The van der Waals surface area contributed by atoms with Gasteiger partial charge in [0.15, 0.2) is 0 Å². The lowest BCUT2D eigenvalue weighted by Gasteiger charge is -2.32. The van der Waals surface area contributed by atoms with Crippen molar-refractivity contribution in [3.8, 4) is 0 Å². The van der Waals surface area contributed by atoms with Crippen molar-refractivity contribution in [2.75, 3.05) is 12.4 Å². The zero-order valence-corrected chi connectivity index (χ0v) is 16.9. The number of amides is 2. The number of halogens is 2. The number of hydrogen-bond acceptors (Lipinski definition) is 2. The lowest BCUT2D eigenvalue weighted by atomic mass is 10.0. The molecule has 6 heteroatoms. The molecule has 1 N–H and O–H groups in total. The summed E-state index contributed by atoms with van der Waals surface area (Å²) < 4.78 is 0. The van der Waals surface area contributed by atoms with Crippen molar-refractivity contribution in [2.24, 2.45) is 0 Å². The van der Waals surface area contributed by atoms with Gasteiger partial charge in [0.25, 0.3) is 0 Å². The van der Waals surface area contributed by atoms with Crippen LogP contribution >= 0.6 is 23.2 Å². The molecule has 1 aromatic rings. The first-order chi connectivity index (χ1) is 12.6. The maximum Gasteiger partial charge on any atom is 0.247 e. The van der Waals surface area contributed by atoms with E-state index in [2.05, 4.69) is 5.32 Å². The van der Waals surface area contributed by atoms with Crippen LogP contribution in [-0.4, -0.2) is 35.2 Å². The average molecular weight is 399 g/mol. The number of nitrogens with zero attached hydrogens (tertiary/aromatic N) is 1. The lowest BCUT2D eigenvalue weighted by molar-refractivity contribution is -0.139. The van der Waals surface area contributed by atoms with Gasteiger partial charge < -0.3 is 10.2 Å². The van der Waals surface area contributed by atoms with Crippen molar-refractivity contribution in [1.29, 1.82) is 0 Å². The van der Waals surface area contributed by atoms with Crippen molar-refractivity contribution >= 4 is 35.0 Å². The summed E-state index contributed by atoms with van der Waals surface area (Å²) >= 11 is 11.8. The molecule has 0 aliphatic heterocycles.